The Morgan fingerprint density at radius 1 is 1.09 bits per heavy atom. The van der Waals surface area contributed by atoms with Crippen LogP contribution in [-0.4, -0.2) is 57.7 Å². The largest absolute Gasteiger partial charge is 0.507 e. The first-order chi connectivity index (χ1) is 16.2. The van der Waals surface area contributed by atoms with Crippen LogP contribution in [0.1, 0.15) is 33.1 Å². The summed E-state index contributed by atoms with van der Waals surface area (Å²) in [5.74, 6) is 1.22. The molecule has 2 fully saturated rings. The van der Waals surface area contributed by atoms with Crippen LogP contribution in [0, 0.1) is 0 Å². The minimum Gasteiger partial charge on any atom is -0.507 e. The lowest BCUT2D eigenvalue weighted by atomic mass is 9.82. The van der Waals surface area contributed by atoms with Crippen LogP contribution in [0.3, 0.4) is 0 Å². The first-order valence-corrected chi connectivity index (χ1v) is 11.6. The summed E-state index contributed by atoms with van der Waals surface area (Å²) in [7, 11) is 3.45. The number of anilines is 1. The zero-order valence-electron chi connectivity index (χ0n) is 19.9. The van der Waals surface area contributed by atoms with Gasteiger partial charge < -0.3 is 20.1 Å². The van der Waals surface area contributed by atoms with E-state index in [1.807, 2.05) is 55.3 Å². The summed E-state index contributed by atoms with van der Waals surface area (Å²) in [6, 6.07) is 12.5. The fourth-order valence-electron chi connectivity index (χ4n) is 5.49. The number of hydrogen-bond donors (Lipinski definition) is 2. The van der Waals surface area contributed by atoms with Gasteiger partial charge in [0, 0.05) is 36.0 Å². The number of aromatic nitrogens is 3. The van der Waals surface area contributed by atoms with Crippen molar-refractivity contribution in [2.24, 2.45) is 0 Å². The van der Waals surface area contributed by atoms with Crippen LogP contribution in [-0.2, 0) is 0 Å². The van der Waals surface area contributed by atoms with Crippen LogP contribution in [0.5, 0.6) is 11.6 Å². The third-order valence-electron chi connectivity index (χ3n) is 7.45. The minimum absolute atomic E-state index is 0.0595. The van der Waals surface area contributed by atoms with Gasteiger partial charge in [-0.2, -0.15) is 0 Å². The first kappa shape index (κ1) is 22.5. The summed E-state index contributed by atoms with van der Waals surface area (Å²) >= 11 is 0. The Labute approximate surface area is 199 Å². The highest BCUT2D eigenvalue weighted by atomic mass is 19.1. The molecular weight excluding hydrogens is 433 g/mol. The number of phenols is 1. The molecule has 178 valence electrons. The highest BCUT2D eigenvalue weighted by Gasteiger charge is 2.56. The van der Waals surface area contributed by atoms with Gasteiger partial charge in [-0.15, -0.1) is 10.2 Å². The Kier molecular flexibility index (Phi) is 5.43. The molecule has 4 heterocycles. The fraction of sp³-hybridized carbons (Fsp3) is 0.423. The molecule has 2 saturated heterocycles. The average molecular weight is 464 g/mol. The normalized spacial score (nSPS) is 28.0. The second-order valence-electron chi connectivity index (χ2n) is 9.98. The maximum absolute atomic E-state index is 15.5. The molecule has 0 amide bonds. The molecule has 3 aromatic rings. The number of fused-ring (bicyclic) bond motifs is 2. The number of aromatic hydroxyl groups is 1. The molecule has 8 heteroatoms. The van der Waals surface area contributed by atoms with E-state index in [1.165, 1.54) is 0 Å². The van der Waals surface area contributed by atoms with Gasteiger partial charge in [-0.1, -0.05) is 6.07 Å². The molecular formula is C26H30FN5O2. The number of phenolic OH excluding ortho intramolecular Hbond substituents is 1. The van der Waals surface area contributed by atoms with Crippen molar-refractivity contribution in [2.75, 3.05) is 19.1 Å². The molecule has 1 aromatic carbocycles. The van der Waals surface area contributed by atoms with Crippen LogP contribution in [0.4, 0.5) is 10.2 Å². The lowest BCUT2D eigenvalue weighted by Crippen LogP contribution is -2.65. The topological polar surface area (TPSA) is 83.4 Å². The van der Waals surface area contributed by atoms with Gasteiger partial charge in [-0.25, -0.2) is 9.37 Å². The highest BCUT2D eigenvalue weighted by Crippen LogP contribution is 2.45. The third kappa shape index (κ3) is 3.86. The molecule has 7 nitrogen and oxygen atoms in total. The van der Waals surface area contributed by atoms with E-state index in [0.29, 0.717) is 29.4 Å². The van der Waals surface area contributed by atoms with E-state index in [1.54, 1.807) is 19.4 Å². The Balaban J connectivity index is 1.37. The zero-order chi connectivity index (χ0) is 24.1. The number of nitrogens with one attached hydrogen (secondary N) is 1. The van der Waals surface area contributed by atoms with Crippen molar-refractivity contribution in [3.8, 4) is 34.0 Å². The Hall–Kier alpha value is -3.26. The van der Waals surface area contributed by atoms with E-state index in [0.717, 1.165) is 24.0 Å². The number of piperidine rings is 1. The molecule has 2 aliphatic heterocycles. The van der Waals surface area contributed by atoms with Gasteiger partial charge >= 0.3 is 0 Å². The number of methoxy groups -OCH3 is 1. The minimum atomic E-state index is -1.00. The van der Waals surface area contributed by atoms with E-state index in [9.17, 15) is 5.11 Å². The number of benzene rings is 1. The van der Waals surface area contributed by atoms with Gasteiger partial charge in [-0.3, -0.25) is 0 Å². The SMILES string of the molecule is COc1cc(-c2ccc(-c3ccc(N(C)[C@H]4C[C@]5(C)CC[C@@](C)(N5)[C@H]4F)nn3)c(O)c2)ccn1. The van der Waals surface area contributed by atoms with Crippen molar-refractivity contribution >= 4 is 5.82 Å². The Morgan fingerprint density at radius 3 is 2.59 bits per heavy atom. The maximum Gasteiger partial charge on any atom is 0.213 e. The molecule has 2 aromatic heterocycles. The third-order valence-corrected chi connectivity index (χ3v) is 7.45. The number of halogens is 1. The number of hydrogen-bond acceptors (Lipinski definition) is 7. The molecule has 2 aliphatic rings. The second kappa shape index (κ2) is 8.20. The molecule has 34 heavy (non-hydrogen) atoms. The predicted molar refractivity (Wildman–Crippen MR) is 130 cm³/mol. The number of pyridine rings is 1. The van der Waals surface area contributed by atoms with E-state index >= 15 is 4.39 Å². The van der Waals surface area contributed by atoms with Gasteiger partial charge in [0.05, 0.1) is 18.8 Å². The highest BCUT2D eigenvalue weighted by molar-refractivity contribution is 5.74. The number of ether oxygens (including phenoxy) is 1. The summed E-state index contributed by atoms with van der Waals surface area (Å²) in [4.78, 5) is 6.02. The van der Waals surface area contributed by atoms with Crippen LogP contribution in [0.2, 0.25) is 0 Å². The molecule has 0 radical (unpaired) electrons. The molecule has 0 saturated carbocycles. The van der Waals surface area contributed by atoms with Crippen molar-refractivity contribution < 1.29 is 14.2 Å². The lowest BCUT2D eigenvalue weighted by molar-refractivity contribution is 0.0859. The summed E-state index contributed by atoms with van der Waals surface area (Å²) in [5.41, 5.74) is 2.28. The van der Waals surface area contributed by atoms with Crippen molar-refractivity contribution in [2.45, 2.75) is 56.4 Å². The fourth-order valence-corrected chi connectivity index (χ4v) is 5.49. The molecule has 0 spiro atoms. The van der Waals surface area contributed by atoms with Gasteiger partial charge in [0.15, 0.2) is 5.82 Å². The molecule has 5 rings (SSSR count). The first-order valence-electron chi connectivity index (χ1n) is 11.6. The van der Waals surface area contributed by atoms with Gasteiger partial charge in [-0.05, 0) is 74.6 Å². The van der Waals surface area contributed by atoms with Crippen molar-refractivity contribution in [1.29, 1.82) is 0 Å². The van der Waals surface area contributed by atoms with Crippen LogP contribution in [0.15, 0.2) is 48.7 Å². The van der Waals surface area contributed by atoms with Crippen LogP contribution < -0.4 is 15.0 Å². The molecule has 0 unspecified atom stereocenters. The summed E-state index contributed by atoms with van der Waals surface area (Å²) in [6.45, 7) is 4.15. The smallest absolute Gasteiger partial charge is 0.213 e. The van der Waals surface area contributed by atoms with E-state index in [4.69, 9.17) is 4.74 Å². The summed E-state index contributed by atoms with van der Waals surface area (Å²) < 4.78 is 20.6. The second-order valence-corrected chi connectivity index (χ2v) is 9.98. The Bertz CT molecular complexity index is 1210. The van der Waals surface area contributed by atoms with Crippen LogP contribution >= 0.6 is 0 Å². The van der Waals surface area contributed by atoms with Gasteiger partial charge in [0.25, 0.3) is 0 Å². The molecule has 0 aliphatic carbocycles. The van der Waals surface area contributed by atoms with Crippen molar-refractivity contribution in [3.05, 3.63) is 48.7 Å². The quantitative estimate of drug-likeness (QED) is 0.581. The monoisotopic (exact) mass is 463 g/mol. The summed E-state index contributed by atoms with van der Waals surface area (Å²) in [6.07, 6.45) is 3.18. The lowest BCUT2D eigenvalue weighted by Gasteiger charge is -2.47. The average Bonchev–Trinajstić information content (AvgIpc) is 3.12. The van der Waals surface area contributed by atoms with Gasteiger partial charge in [0.2, 0.25) is 5.88 Å². The maximum atomic E-state index is 15.5. The van der Waals surface area contributed by atoms with E-state index < -0.39 is 11.7 Å². The predicted octanol–water partition coefficient (Wildman–Crippen LogP) is 4.37. The van der Waals surface area contributed by atoms with E-state index in [2.05, 4.69) is 27.4 Å². The number of rotatable bonds is 5. The summed E-state index contributed by atoms with van der Waals surface area (Å²) in [5, 5.41) is 22.9. The zero-order valence-corrected chi connectivity index (χ0v) is 19.9. The van der Waals surface area contributed by atoms with Crippen molar-refractivity contribution in [1.82, 2.24) is 20.5 Å². The van der Waals surface area contributed by atoms with Crippen molar-refractivity contribution in [3.63, 3.8) is 0 Å². The number of alkyl halides is 1. The van der Waals surface area contributed by atoms with Gasteiger partial charge in [0.1, 0.15) is 11.9 Å². The van der Waals surface area contributed by atoms with E-state index in [-0.39, 0.29) is 17.3 Å². The number of nitrogens with zero attached hydrogens (tertiary/aromatic N) is 4. The molecule has 4 atom stereocenters. The van der Waals surface area contributed by atoms with Crippen LogP contribution in [0.25, 0.3) is 22.4 Å². The Morgan fingerprint density at radius 2 is 1.88 bits per heavy atom. The molecule has 2 bridgehead atoms. The molecule has 2 N–H and O–H groups in total. The standard InChI is InChI=1S/C26H30FN5O2/c1-25-10-11-26(2,31-25)24(27)20(15-25)32(3)22-8-7-19(29-30-22)18-6-5-16(13-21(18)33)17-9-12-28-23(14-17)34-4/h5-9,12-14,20,24,31,33H,10-11,15H2,1-4H3/t20-,24-,25-,26+/m0/s1.